The summed E-state index contributed by atoms with van der Waals surface area (Å²) in [4.78, 5) is 27.6. The van der Waals surface area contributed by atoms with Crippen LogP contribution in [-0.2, 0) is 26.2 Å². The van der Waals surface area contributed by atoms with Gasteiger partial charge in [0.05, 0.1) is 17.7 Å². The van der Waals surface area contributed by atoms with Crippen LogP contribution in [0.1, 0.15) is 19.4 Å². The molecule has 0 radical (unpaired) electrons. The van der Waals surface area contributed by atoms with Crippen molar-refractivity contribution >= 4 is 27.5 Å². The molecule has 1 unspecified atom stereocenters. The van der Waals surface area contributed by atoms with Gasteiger partial charge in [0, 0.05) is 13.1 Å². The second-order valence-electron chi connectivity index (χ2n) is 8.24. The zero-order valence-electron chi connectivity index (χ0n) is 20.9. The fraction of sp³-hybridized carbons (Fsp3) is 0.259. The van der Waals surface area contributed by atoms with Gasteiger partial charge in [0.1, 0.15) is 24.2 Å². The van der Waals surface area contributed by atoms with Gasteiger partial charge in [-0.25, -0.2) is 12.8 Å². The highest BCUT2D eigenvalue weighted by Gasteiger charge is 2.32. The number of sulfonamides is 1. The predicted molar refractivity (Wildman–Crippen MR) is 139 cm³/mol. The Hall–Kier alpha value is -3.92. The van der Waals surface area contributed by atoms with E-state index in [0.29, 0.717) is 12.3 Å². The number of carbonyl (C=O) groups excluding carboxylic acids is 2. The number of halogens is 1. The SMILES string of the molecule is CCNC(=O)C(C)N(Cc1ccc(OC)cc1)C(=O)CN(c1ccccc1)S(=O)(=O)c1ccc(F)cc1. The van der Waals surface area contributed by atoms with Gasteiger partial charge in [-0.2, -0.15) is 0 Å². The molecule has 3 rings (SSSR count). The first-order chi connectivity index (χ1) is 17.7. The van der Waals surface area contributed by atoms with Gasteiger partial charge in [0.15, 0.2) is 0 Å². The highest BCUT2D eigenvalue weighted by molar-refractivity contribution is 7.92. The molecule has 0 heterocycles. The third-order valence-corrected chi connectivity index (χ3v) is 7.54. The Kier molecular flexibility index (Phi) is 9.24. The number of nitrogens with zero attached hydrogens (tertiary/aromatic N) is 2. The molecule has 0 aliphatic rings. The molecule has 0 saturated heterocycles. The molecule has 1 N–H and O–H groups in total. The molecule has 8 nitrogen and oxygen atoms in total. The molecule has 0 saturated carbocycles. The van der Waals surface area contributed by atoms with Gasteiger partial charge < -0.3 is 15.0 Å². The summed E-state index contributed by atoms with van der Waals surface area (Å²) in [7, 11) is -2.69. The lowest BCUT2D eigenvalue weighted by molar-refractivity contribution is -0.139. The number of methoxy groups -OCH3 is 1. The first-order valence-electron chi connectivity index (χ1n) is 11.7. The number of para-hydroxylation sites is 1. The van der Waals surface area contributed by atoms with Crippen molar-refractivity contribution in [3.63, 3.8) is 0 Å². The first kappa shape index (κ1) is 27.7. The maximum Gasteiger partial charge on any atom is 0.264 e. The van der Waals surface area contributed by atoms with Crippen LogP contribution in [0.15, 0.2) is 83.8 Å². The standard InChI is InChI=1S/C27H30FN3O5S/c1-4-29-27(33)20(2)30(18-21-10-14-24(36-3)15-11-21)26(32)19-31(23-8-6-5-7-9-23)37(34,35)25-16-12-22(28)13-17-25/h5-17,20H,4,18-19H2,1-3H3,(H,29,33). The van der Waals surface area contributed by atoms with Gasteiger partial charge in [-0.05, 0) is 67.9 Å². The van der Waals surface area contributed by atoms with Crippen molar-refractivity contribution in [2.24, 2.45) is 0 Å². The van der Waals surface area contributed by atoms with Crippen LogP contribution in [0.5, 0.6) is 5.75 Å². The van der Waals surface area contributed by atoms with E-state index >= 15 is 0 Å². The van der Waals surface area contributed by atoms with Crippen LogP contribution in [0.3, 0.4) is 0 Å². The molecule has 0 spiro atoms. The molecule has 3 aromatic rings. The second kappa shape index (κ2) is 12.4. The molecule has 0 bridgehead atoms. The normalized spacial score (nSPS) is 11.9. The van der Waals surface area contributed by atoms with E-state index < -0.39 is 34.3 Å². The van der Waals surface area contributed by atoms with E-state index in [0.717, 1.165) is 34.1 Å². The molecule has 3 aromatic carbocycles. The topological polar surface area (TPSA) is 96.0 Å². The molecule has 10 heteroatoms. The van der Waals surface area contributed by atoms with Gasteiger partial charge in [-0.1, -0.05) is 30.3 Å². The second-order valence-corrected chi connectivity index (χ2v) is 10.1. The first-order valence-corrected chi connectivity index (χ1v) is 13.1. The molecule has 0 aliphatic heterocycles. The van der Waals surface area contributed by atoms with Crippen LogP contribution < -0.4 is 14.4 Å². The maximum atomic E-state index is 13.7. The van der Waals surface area contributed by atoms with Crippen LogP contribution in [-0.4, -0.2) is 51.4 Å². The number of rotatable bonds is 11. The molecule has 196 valence electrons. The number of carbonyl (C=O) groups is 2. The summed E-state index contributed by atoms with van der Waals surface area (Å²) in [6, 6.07) is 18.7. The number of likely N-dealkylation sites (N-methyl/N-ethyl adjacent to an activating group) is 1. The fourth-order valence-electron chi connectivity index (χ4n) is 3.69. The van der Waals surface area contributed by atoms with Gasteiger partial charge in [0.25, 0.3) is 10.0 Å². The lowest BCUT2D eigenvalue weighted by atomic mass is 10.1. The maximum absolute atomic E-state index is 13.7. The lowest BCUT2D eigenvalue weighted by Crippen LogP contribution is -2.51. The Morgan fingerprint density at radius 2 is 1.59 bits per heavy atom. The summed E-state index contributed by atoms with van der Waals surface area (Å²) in [5.74, 6) is -0.886. The van der Waals surface area contributed by atoms with Crippen molar-refractivity contribution in [3.05, 3.63) is 90.2 Å². The molecule has 1 atom stereocenters. The largest absolute Gasteiger partial charge is 0.497 e. The summed E-state index contributed by atoms with van der Waals surface area (Å²) in [5, 5.41) is 2.71. The zero-order valence-corrected chi connectivity index (χ0v) is 21.7. The smallest absolute Gasteiger partial charge is 0.264 e. The molecule has 2 amide bonds. The average Bonchev–Trinajstić information content (AvgIpc) is 2.91. The number of anilines is 1. The Bertz CT molecular complexity index is 1300. The van der Waals surface area contributed by atoms with E-state index in [4.69, 9.17) is 4.74 Å². The van der Waals surface area contributed by atoms with Gasteiger partial charge in [-0.15, -0.1) is 0 Å². The zero-order chi connectivity index (χ0) is 27.0. The highest BCUT2D eigenvalue weighted by atomic mass is 32.2. The number of hydrogen-bond acceptors (Lipinski definition) is 5. The molecular formula is C27H30FN3O5S. The molecular weight excluding hydrogens is 497 g/mol. The highest BCUT2D eigenvalue weighted by Crippen LogP contribution is 2.25. The summed E-state index contributed by atoms with van der Waals surface area (Å²) >= 11 is 0. The van der Waals surface area contributed by atoms with Gasteiger partial charge in [0.2, 0.25) is 11.8 Å². The van der Waals surface area contributed by atoms with E-state index in [1.54, 1.807) is 75.6 Å². The Morgan fingerprint density at radius 3 is 2.16 bits per heavy atom. The molecule has 0 aromatic heterocycles. The van der Waals surface area contributed by atoms with Crippen molar-refractivity contribution < 1.29 is 27.1 Å². The van der Waals surface area contributed by atoms with E-state index in [9.17, 15) is 22.4 Å². The molecule has 0 aliphatic carbocycles. The predicted octanol–water partition coefficient (Wildman–Crippen LogP) is 3.58. The average molecular weight is 528 g/mol. The van der Waals surface area contributed by atoms with Crippen LogP contribution >= 0.6 is 0 Å². The number of amides is 2. The monoisotopic (exact) mass is 527 g/mol. The summed E-state index contributed by atoms with van der Waals surface area (Å²) < 4.78 is 46.8. The van der Waals surface area contributed by atoms with Gasteiger partial charge in [-0.3, -0.25) is 13.9 Å². The minimum atomic E-state index is -4.24. The Balaban J connectivity index is 1.98. The van der Waals surface area contributed by atoms with Crippen LogP contribution in [0.4, 0.5) is 10.1 Å². The van der Waals surface area contributed by atoms with E-state index in [-0.39, 0.29) is 23.0 Å². The summed E-state index contributed by atoms with van der Waals surface area (Å²) in [5.41, 5.74) is 0.994. The summed E-state index contributed by atoms with van der Waals surface area (Å²) in [6.07, 6.45) is 0. The Labute approximate surface area is 216 Å². The lowest BCUT2D eigenvalue weighted by Gasteiger charge is -2.32. The van der Waals surface area contributed by atoms with Crippen molar-refractivity contribution in [2.45, 2.75) is 31.3 Å². The number of ether oxygens (including phenoxy) is 1. The fourth-order valence-corrected chi connectivity index (χ4v) is 5.10. The van der Waals surface area contributed by atoms with E-state index in [1.165, 1.54) is 4.90 Å². The van der Waals surface area contributed by atoms with Crippen molar-refractivity contribution in [3.8, 4) is 5.75 Å². The minimum Gasteiger partial charge on any atom is -0.497 e. The van der Waals surface area contributed by atoms with Crippen LogP contribution in [0.25, 0.3) is 0 Å². The quantitative estimate of drug-likeness (QED) is 0.411. The summed E-state index contributed by atoms with van der Waals surface area (Å²) in [6.45, 7) is 3.24. The molecule has 37 heavy (non-hydrogen) atoms. The van der Waals surface area contributed by atoms with E-state index in [1.807, 2.05) is 0 Å². The Morgan fingerprint density at radius 1 is 0.973 bits per heavy atom. The van der Waals surface area contributed by atoms with Crippen LogP contribution in [0.2, 0.25) is 0 Å². The number of hydrogen-bond donors (Lipinski definition) is 1. The van der Waals surface area contributed by atoms with E-state index in [2.05, 4.69) is 5.32 Å². The number of benzene rings is 3. The van der Waals surface area contributed by atoms with Gasteiger partial charge >= 0.3 is 0 Å². The third-order valence-electron chi connectivity index (χ3n) is 5.75. The van der Waals surface area contributed by atoms with Crippen molar-refractivity contribution in [2.75, 3.05) is 24.5 Å². The van der Waals surface area contributed by atoms with Crippen LogP contribution in [0, 0.1) is 5.82 Å². The molecule has 0 fully saturated rings. The van der Waals surface area contributed by atoms with Crippen molar-refractivity contribution in [1.82, 2.24) is 10.2 Å². The minimum absolute atomic E-state index is 0.0698. The van der Waals surface area contributed by atoms with Crippen molar-refractivity contribution in [1.29, 1.82) is 0 Å². The number of nitrogens with one attached hydrogen (secondary N) is 1. The third kappa shape index (κ3) is 6.85.